The molecule has 12 heteroatoms. The van der Waals surface area contributed by atoms with E-state index < -0.39 is 64.8 Å². The van der Waals surface area contributed by atoms with Gasteiger partial charge in [0.1, 0.15) is 12.1 Å². The molecule has 0 aromatic heterocycles. The van der Waals surface area contributed by atoms with Gasteiger partial charge in [-0.2, -0.15) is 0 Å². The Morgan fingerprint density at radius 1 is 1.29 bits per heavy atom. The predicted molar refractivity (Wildman–Crippen MR) is 118 cm³/mol. The van der Waals surface area contributed by atoms with Gasteiger partial charge < -0.3 is 9.64 Å². The van der Waals surface area contributed by atoms with Crippen molar-refractivity contribution in [3.63, 3.8) is 0 Å². The number of nitrogens with zero attached hydrogens (tertiary/aromatic N) is 1. The van der Waals surface area contributed by atoms with Crippen LogP contribution < -0.4 is 4.72 Å². The maximum atomic E-state index is 15.6. The lowest BCUT2D eigenvalue weighted by Gasteiger charge is -2.37. The first-order valence-corrected chi connectivity index (χ1v) is 12.9. The van der Waals surface area contributed by atoms with E-state index in [9.17, 15) is 22.0 Å². The van der Waals surface area contributed by atoms with Crippen molar-refractivity contribution in [2.24, 2.45) is 5.92 Å². The Morgan fingerprint density at radius 2 is 2.00 bits per heavy atom. The summed E-state index contributed by atoms with van der Waals surface area (Å²) in [5.74, 6) is -9.49. The van der Waals surface area contributed by atoms with Gasteiger partial charge in [-0.05, 0) is 24.1 Å². The summed E-state index contributed by atoms with van der Waals surface area (Å²) in [6.07, 6.45) is 3.29. The summed E-state index contributed by atoms with van der Waals surface area (Å²) in [5, 5.41) is 0.255. The second-order valence-corrected chi connectivity index (χ2v) is 11.0. The average molecular weight is 523 g/mol. The van der Waals surface area contributed by atoms with Crippen LogP contribution in [0.1, 0.15) is 18.4 Å². The fourth-order valence-electron chi connectivity index (χ4n) is 4.57. The van der Waals surface area contributed by atoms with E-state index in [0.717, 1.165) is 4.90 Å². The number of nitrogens with one attached hydrogen (secondary N) is 1. The number of allylic oxidation sites excluding steroid dienone is 4. The van der Waals surface area contributed by atoms with Crippen molar-refractivity contribution in [2.45, 2.75) is 42.9 Å². The van der Waals surface area contributed by atoms with Crippen LogP contribution in [0.2, 0.25) is 5.02 Å². The zero-order valence-electron chi connectivity index (χ0n) is 18.1. The van der Waals surface area contributed by atoms with E-state index in [2.05, 4.69) is 0 Å². The number of carbonyl (C=O) groups excluding carboxylic acids is 1. The number of hydrogen-bond acceptors (Lipinski definition) is 4. The molecular weight excluding hydrogens is 500 g/mol. The Labute approximate surface area is 199 Å². The van der Waals surface area contributed by atoms with E-state index >= 15 is 8.78 Å². The van der Waals surface area contributed by atoms with Crippen LogP contribution in [0, 0.1) is 5.92 Å². The summed E-state index contributed by atoms with van der Waals surface area (Å²) in [5.41, 5.74) is -0.176. The van der Waals surface area contributed by atoms with Crippen LogP contribution in [0.4, 0.5) is 17.6 Å². The van der Waals surface area contributed by atoms with Crippen LogP contribution in [0.15, 0.2) is 42.5 Å². The van der Waals surface area contributed by atoms with Gasteiger partial charge in [0.15, 0.2) is 0 Å². The van der Waals surface area contributed by atoms with Gasteiger partial charge in [-0.3, -0.25) is 4.79 Å². The second kappa shape index (κ2) is 8.92. The third-order valence-corrected chi connectivity index (χ3v) is 7.20. The zero-order chi connectivity index (χ0) is 24.9. The Morgan fingerprint density at radius 3 is 2.59 bits per heavy atom. The molecule has 2 unspecified atom stereocenters. The molecule has 2 aliphatic heterocycles. The van der Waals surface area contributed by atoms with Crippen molar-refractivity contribution in [2.75, 3.05) is 19.4 Å². The lowest BCUT2D eigenvalue weighted by atomic mass is 9.81. The quantitative estimate of drug-likeness (QED) is 0.580. The largest absolute Gasteiger partial charge is 0.368 e. The van der Waals surface area contributed by atoms with Crippen LogP contribution in [-0.4, -0.2) is 68.7 Å². The van der Waals surface area contributed by atoms with E-state index in [1.54, 1.807) is 0 Å². The number of halogens is 5. The highest BCUT2D eigenvalue weighted by atomic mass is 35.5. The summed E-state index contributed by atoms with van der Waals surface area (Å²) >= 11 is 5.95. The van der Waals surface area contributed by atoms with Crippen molar-refractivity contribution in [3.05, 3.63) is 53.1 Å². The fraction of sp³-hybridized carbons (Fsp3) is 0.500. The van der Waals surface area contributed by atoms with Crippen molar-refractivity contribution in [3.8, 4) is 0 Å². The minimum absolute atomic E-state index is 0.171. The highest BCUT2D eigenvalue weighted by Gasteiger charge is 2.59. The van der Waals surface area contributed by atoms with Crippen molar-refractivity contribution in [1.29, 1.82) is 0 Å². The summed E-state index contributed by atoms with van der Waals surface area (Å²) in [6.45, 7) is -0.809. The molecule has 2 fully saturated rings. The molecule has 4 atom stereocenters. The van der Waals surface area contributed by atoms with Gasteiger partial charge in [-0.1, -0.05) is 42.0 Å². The summed E-state index contributed by atoms with van der Waals surface area (Å²) in [4.78, 5) is 13.6. The molecule has 0 saturated carbocycles. The average Bonchev–Trinajstić information content (AvgIpc) is 2.91. The molecule has 0 spiro atoms. The molecule has 1 amide bonds. The summed E-state index contributed by atoms with van der Waals surface area (Å²) in [7, 11) is -4.13. The van der Waals surface area contributed by atoms with Crippen molar-refractivity contribution >= 4 is 33.1 Å². The maximum Gasteiger partial charge on any atom is 0.283 e. The Balaban J connectivity index is 1.67. The Kier molecular flexibility index (Phi) is 6.60. The molecular formula is C22H23ClF4N2O4S. The van der Waals surface area contributed by atoms with E-state index in [4.69, 9.17) is 16.3 Å². The maximum absolute atomic E-state index is 15.6. The Hall–Kier alpha value is -1.95. The van der Waals surface area contributed by atoms with Crippen LogP contribution in [0.3, 0.4) is 0 Å². The third kappa shape index (κ3) is 4.89. The van der Waals surface area contributed by atoms with E-state index in [-0.39, 0.29) is 22.8 Å². The fourth-order valence-corrected chi connectivity index (χ4v) is 5.55. The molecule has 1 aromatic rings. The highest BCUT2D eigenvalue weighted by Crippen LogP contribution is 2.47. The zero-order valence-corrected chi connectivity index (χ0v) is 19.6. The number of likely N-dealkylation sites (tertiary alicyclic amines) is 1. The summed E-state index contributed by atoms with van der Waals surface area (Å²) < 4.78 is 91.7. The molecule has 2 heterocycles. The first-order chi connectivity index (χ1) is 15.8. The molecule has 4 rings (SSSR count). The van der Waals surface area contributed by atoms with Gasteiger partial charge in [-0.15, -0.1) is 0 Å². The topological polar surface area (TPSA) is 75.7 Å². The molecule has 0 radical (unpaired) electrons. The standard InChI is InChI=1S/C22H23ClF4N2O4S/c1-34(31,32)28-19-17(29(12-21(19,24)25)20(30)18-8-9-33-18)11-14-5-3-7-16(22(14,26)27)13-4-2-6-15(23)10-13/h2-7,10,14,17-19,28H,8-9,11-12H2,1H3/t14?,17-,18?,19+/m0/s1. The van der Waals surface area contributed by atoms with Crippen LogP contribution >= 0.6 is 11.6 Å². The number of carbonyl (C=O) groups is 1. The first-order valence-electron chi connectivity index (χ1n) is 10.6. The molecule has 0 bridgehead atoms. The number of sulfonamides is 1. The normalized spacial score (nSPS) is 30.1. The van der Waals surface area contributed by atoms with Gasteiger partial charge in [-0.25, -0.2) is 30.7 Å². The van der Waals surface area contributed by atoms with Crippen molar-refractivity contribution < 1.29 is 35.5 Å². The number of alkyl halides is 4. The second-order valence-electron chi connectivity index (χ2n) is 8.75. The Bertz CT molecular complexity index is 1140. The SMILES string of the molecule is CS(=O)(=O)N[C@@H]1[C@H](CC2C=CC=C(c3cccc(Cl)c3)C2(F)F)N(C(=O)C2CCO2)CC1(F)F. The highest BCUT2D eigenvalue weighted by molar-refractivity contribution is 7.88. The number of benzene rings is 1. The molecule has 3 aliphatic rings. The number of rotatable bonds is 6. The van der Waals surface area contributed by atoms with E-state index in [0.29, 0.717) is 12.7 Å². The predicted octanol–water partition coefficient (Wildman–Crippen LogP) is 3.49. The lowest BCUT2D eigenvalue weighted by molar-refractivity contribution is -0.158. The smallest absolute Gasteiger partial charge is 0.283 e. The van der Waals surface area contributed by atoms with Gasteiger partial charge in [0.2, 0.25) is 10.0 Å². The van der Waals surface area contributed by atoms with Crippen LogP contribution in [0.25, 0.3) is 5.57 Å². The minimum atomic E-state index is -4.13. The monoisotopic (exact) mass is 522 g/mol. The molecule has 1 aromatic carbocycles. The first kappa shape index (κ1) is 25.2. The number of amides is 1. The molecule has 6 nitrogen and oxygen atoms in total. The number of hydrogen-bond donors (Lipinski definition) is 1. The van der Waals surface area contributed by atoms with Gasteiger partial charge in [0.05, 0.1) is 25.4 Å². The third-order valence-electron chi connectivity index (χ3n) is 6.28. The van der Waals surface area contributed by atoms with E-state index in [1.165, 1.54) is 42.5 Å². The minimum Gasteiger partial charge on any atom is -0.368 e. The molecule has 34 heavy (non-hydrogen) atoms. The van der Waals surface area contributed by atoms with E-state index in [1.807, 2.05) is 4.72 Å². The summed E-state index contributed by atoms with van der Waals surface area (Å²) in [6, 6.07) is 2.32. The van der Waals surface area contributed by atoms with Crippen LogP contribution in [-0.2, 0) is 19.6 Å². The molecule has 1 N–H and O–H groups in total. The van der Waals surface area contributed by atoms with Gasteiger partial charge in [0.25, 0.3) is 17.8 Å². The van der Waals surface area contributed by atoms with Crippen LogP contribution in [0.5, 0.6) is 0 Å². The number of ether oxygens (including phenoxy) is 1. The van der Waals surface area contributed by atoms with Gasteiger partial charge >= 0.3 is 0 Å². The molecule has 186 valence electrons. The molecule has 1 aliphatic carbocycles. The van der Waals surface area contributed by atoms with Gasteiger partial charge in [0, 0.05) is 22.9 Å². The van der Waals surface area contributed by atoms with Crippen molar-refractivity contribution in [1.82, 2.24) is 9.62 Å². The lowest BCUT2D eigenvalue weighted by Crippen LogP contribution is -2.54. The molecule has 2 saturated heterocycles.